The first-order valence-corrected chi connectivity index (χ1v) is 8.37. The van der Waals surface area contributed by atoms with Gasteiger partial charge in [-0.15, -0.1) is 0 Å². The van der Waals surface area contributed by atoms with Gasteiger partial charge in [0, 0.05) is 12.2 Å². The van der Waals surface area contributed by atoms with Crippen molar-refractivity contribution in [1.29, 1.82) is 0 Å². The molecule has 4 heteroatoms. The van der Waals surface area contributed by atoms with Crippen molar-refractivity contribution in [2.24, 2.45) is 0 Å². The molecule has 0 aliphatic heterocycles. The van der Waals surface area contributed by atoms with Gasteiger partial charge in [-0.25, -0.2) is 0 Å². The normalized spacial score (nSPS) is 10.2. The van der Waals surface area contributed by atoms with Crippen molar-refractivity contribution < 1.29 is 4.74 Å². The SMILES string of the molecule is CCc1cccc(CC)c1NC(=S)NCc1ccc(OC)cc1. The van der Waals surface area contributed by atoms with Crippen LogP contribution in [0.3, 0.4) is 0 Å². The first-order chi connectivity index (χ1) is 11.2. The maximum atomic E-state index is 5.45. The molecule has 0 unspecified atom stereocenters. The van der Waals surface area contributed by atoms with E-state index in [2.05, 4.69) is 42.7 Å². The Bertz CT molecular complexity index is 631. The van der Waals surface area contributed by atoms with Gasteiger partial charge in [-0.2, -0.15) is 0 Å². The van der Waals surface area contributed by atoms with Crippen LogP contribution in [-0.2, 0) is 19.4 Å². The molecule has 23 heavy (non-hydrogen) atoms. The van der Waals surface area contributed by atoms with Gasteiger partial charge in [-0.3, -0.25) is 0 Å². The molecule has 2 rings (SSSR count). The van der Waals surface area contributed by atoms with Gasteiger partial charge in [-0.1, -0.05) is 44.2 Å². The molecule has 0 aromatic heterocycles. The standard InChI is InChI=1S/C19H24N2OS/c1-4-15-7-6-8-16(5-2)18(15)21-19(23)20-13-14-9-11-17(22-3)12-10-14/h6-12H,4-5,13H2,1-3H3,(H2,20,21,23). The highest BCUT2D eigenvalue weighted by atomic mass is 32.1. The molecule has 0 spiro atoms. The van der Waals surface area contributed by atoms with E-state index in [0.29, 0.717) is 11.7 Å². The van der Waals surface area contributed by atoms with Crippen molar-refractivity contribution in [3.8, 4) is 5.75 Å². The summed E-state index contributed by atoms with van der Waals surface area (Å²) < 4.78 is 5.17. The predicted octanol–water partition coefficient (Wildman–Crippen LogP) is 4.31. The summed E-state index contributed by atoms with van der Waals surface area (Å²) in [6.45, 7) is 5.01. The number of hydrogen-bond acceptors (Lipinski definition) is 2. The molecule has 0 fully saturated rings. The van der Waals surface area contributed by atoms with Crippen LogP contribution < -0.4 is 15.4 Å². The minimum atomic E-state index is 0.649. The topological polar surface area (TPSA) is 33.3 Å². The average Bonchev–Trinajstić information content (AvgIpc) is 2.60. The van der Waals surface area contributed by atoms with E-state index >= 15 is 0 Å². The Kier molecular flexibility index (Phi) is 6.41. The number of rotatable bonds is 6. The molecule has 0 saturated carbocycles. The molecule has 0 amide bonds. The number of para-hydroxylation sites is 1. The largest absolute Gasteiger partial charge is 0.497 e. The van der Waals surface area contributed by atoms with Gasteiger partial charge in [0.25, 0.3) is 0 Å². The average molecular weight is 328 g/mol. The van der Waals surface area contributed by atoms with E-state index in [4.69, 9.17) is 17.0 Å². The first kappa shape index (κ1) is 17.3. The van der Waals surface area contributed by atoms with Gasteiger partial charge in [0.1, 0.15) is 5.75 Å². The number of methoxy groups -OCH3 is 1. The van der Waals surface area contributed by atoms with Gasteiger partial charge in [-0.05, 0) is 53.9 Å². The summed E-state index contributed by atoms with van der Waals surface area (Å²) in [6, 6.07) is 14.4. The van der Waals surface area contributed by atoms with Crippen molar-refractivity contribution in [3.05, 3.63) is 59.2 Å². The molecule has 0 heterocycles. The zero-order valence-electron chi connectivity index (χ0n) is 14.0. The summed E-state index contributed by atoms with van der Waals surface area (Å²) in [5.74, 6) is 0.860. The molecule has 0 aliphatic rings. The monoisotopic (exact) mass is 328 g/mol. The van der Waals surface area contributed by atoms with Crippen LogP contribution in [0.25, 0.3) is 0 Å². The zero-order valence-corrected chi connectivity index (χ0v) is 14.8. The lowest BCUT2D eigenvalue weighted by Crippen LogP contribution is -2.28. The summed E-state index contributed by atoms with van der Waals surface area (Å²) in [4.78, 5) is 0. The van der Waals surface area contributed by atoms with Gasteiger partial charge < -0.3 is 15.4 Å². The third-order valence-corrected chi connectivity index (χ3v) is 4.10. The highest BCUT2D eigenvalue weighted by molar-refractivity contribution is 7.80. The van der Waals surface area contributed by atoms with Crippen LogP contribution >= 0.6 is 12.2 Å². The Morgan fingerprint density at radius 1 is 1.00 bits per heavy atom. The highest BCUT2D eigenvalue weighted by Gasteiger charge is 2.07. The summed E-state index contributed by atoms with van der Waals surface area (Å²) >= 11 is 5.45. The molecule has 0 aliphatic carbocycles. The molecular weight excluding hydrogens is 304 g/mol. The van der Waals surface area contributed by atoms with E-state index < -0.39 is 0 Å². The molecule has 122 valence electrons. The second kappa shape index (κ2) is 8.53. The van der Waals surface area contributed by atoms with Crippen LogP contribution in [0.5, 0.6) is 5.75 Å². The van der Waals surface area contributed by atoms with Gasteiger partial charge >= 0.3 is 0 Å². The Morgan fingerprint density at radius 2 is 1.61 bits per heavy atom. The van der Waals surface area contributed by atoms with E-state index in [1.807, 2.05) is 24.3 Å². The zero-order chi connectivity index (χ0) is 16.7. The van der Waals surface area contributed by atoms with Crippen molar-refractivity contribution in [2.45, 2.75) is 33.2 Å². The predicted molar refractivity (Wildman–Crippen MR) is 101 cm³/mol. The number of thiocarbonyl (C=S) groups is 1. The van der Waals surface area contributed by atoms with Crippen LogP contribution in [0.4, 0.5) is 5.69 Å². The second-order valence-corrected chi connectivity index (χ2v) is 5.72. The Labute approximate surface area is 144 Å². The van der Waals surface area contributed by atoms with Crippen molar-refractivity contribution in [3.63, 3.8) is 0 Å². The lowest BCUT2D eigenvalue weighted by atomic mass is 10.0. The van der Waals surface area contributed by atoms with Gasteiger partial charge in [0.05, 0.1) is 7.11 Å². The summed E-state index contributed by atoms with van der Waals surface area (Å²) in [6.07, 6.45) is 1.97. The molecule has 0 saturated heterocycles. The minimum Gasteiger partial charge on any atom is -0.497 e. The van der Waals surface area contributed by atoms with Crippen LogP contribution in [0, 0.1) is 0 Å². The molecule has 0 radical (unpaired) electrons. The fourth-order valence-corrected chi connectivity index (χ4v) is 2.66. The number of hydrogen-bond donors (Lipinski definition) is 2. The van der Waals surface area contributed by atoms with Gasteiger partial charge in [0.2, 0.25) is 0 Å². The van der Waals surface area contributed by atoms with Crippen molar-refractivity contribution >= 4 is 23.0 Å². The number of nitrogens with one attached hydrogen (secondary N) is 2. The van der Waals surface area contributed by atoms with E-state index in [9.17, 15) is 0 Å². The quantitative estimate of drug-likeness (QED) is 0.774. The summed E-state index contributed by atoms with van der Waals surface area (Å²) in [5, 5.41) is 7.29. The maximum Gasteiger partial charge on any atom is 0.171 e. The van der Waals surface area contributed by atoms with Crippen molar-refractivity contribution in [2.75, 3.05) is 12.4 Å². The van der Waals surface area contributed by atoms with Crippen LogP contribution in [0.1, 0.15) is 30.5 Å². The fraction of sp³-hybridized carbons (Fsp3) is 0.316. The lowest BCUT2D eigenvalue weighted by molar-refractivity contribution is 0.414. The first-order valence-electron chi connectivity index (χ1n) is 7.96. The smallest absolute Gasteiger partial charge is 0.171 e. The van der Waals surface area contributed by atoms with Crippen molar-refractivity contribution in [1.82, 2.24) is 5.32 Å². The Balaban J connectivity index is 1.99. The van der Waals surface area contributed by atoms with Crippen LogP contribution in [-0.4, -0.2) is 12.2 Å². The number of aryl methyl sites for hydroxylation is 2. The third-order valence-electron chi connectivity index (χ3n) is 3.85. The second-order valence-electron chi connectivity index (χ2n) is 5.31. The molecule has 2 aromatic rings. The van der Waals surface area contributed by atoms with E-state index in [1.165, 1.54) is 11.1 Å². The molecule has 0 atom stereocenters. The van der Waals surface area contributed by atoms with Crippen LogP contribution in [0.15, 0.2) is 42.5 Å². The summed E-state index contributed by atoms with van der Waals surface area (Å²) in [7, 11) is 1.67. The molecule has 2 N–H and O–H groups in total. The summed E-state index contributed by atoms with van der Waals surface area (Å²) in [5.41, 5.74) is 4.88. The Hall–Kier alpha value is -2.07. The molecule has 2 aromatic carbocycles. The third kappa shape index (κ3) is 4.70. The highest BCUT2D eigenvalue weighted by Crippen LogP contribution is 2.22. The number of anilines is 1. The molecule has 3 nitrogen and oxygen atoms in total. The van der Waals surface area contributed by atoms with Crippen LogP contribution in [0.2, 0.25) is 0 Å². The lowest BCUT2D eigenvalue weighted by Gasteiger charge is -2.17. The number of benzene rings is 2. The van der Waals surface area contributed by atoms with E-state index in [-0.39, 0.29) is 0 Å². The minimum absolute atomic E-state index is 0.649. The molecular formula is C19H24N2OS. The van der Waals surface area contributed by atoms with Gasteiger partial charge in [0.15, 0.2) is 5.11 Å². The molecule has 0 bridgehead atoms. The fourth-order valence-electron chi connectivity index (χ4n) is 2.49. The van der Waals surface area contributed by atoms with E-state index in [0.717, 1.165) is 29.8 Å². The Morgan fingerprint density at radius 3 is 2.13 bits per heavy atom. The number of ether oxygens (including phenoxy) is 1. The van der Waals surface area contributed by atoms with E-state index in [1.54, 1.807) is 7.11 Å². The maximum absolute atomic E-state index is 5.45.